The van der Waals surface area contributed by atoms with E-state index in [0.29, 0.717) is 13.1 Å². The lowest BCUT2D eigenvalue weighted by Crippen LogP contribution is -2.39. The van der Waals surface area contributed by atoms with Gasteiger partial charge in [-0.1, -0.05) is 25.0 Å². The number of hydrogen-bond donors (Lipinski definition) is 0. The number of rotatable bonds is 2. The molecule has 5 nitrogen and oxygen atoms in total. The van der Waals surface area contributed by atoms with Crippen molar-refractivity contribution in [3.8, 4) is 0 Å². The Balaban J connectivity index is 2.03. The molecule has 0 radical (unpaired) electrons. The highest BCUT2D eigenvalue weighted by molar-refractivity contribution is 5.80. The number of hydrogen-bond acceptors (Lipinski definition) is 3. The third-order valence-corrected chi connectivity index (χ3v) is 4.37. The Morgan fingerprint density at radius 2 is 1.72 bits per heavy atom. The number of halogens is 3. The Hall–Kier alpha value is -2.38. The Kier molecular flexibility index (Phi) is 4.78. The first-order valence-electron chi connectivity index (χ1n) is 8.22. The average Bonchev–Trinajstić information content (AvgIpc) is 2.85. The zero-order valence-electron chi connectivity index (χ0n) is 13.6. The van der Waals surface area contributed by atoms with Crippen LogP contribution in [-0.2, 0) is 17.5 Å². The topological polar surface area (TPSA) is 55.2 Å². The highest BCUT2D eigenvalue weighted by atomic mass is 19.4. The van der Waals surface area contributed by atoms with Crippen molar-refractivity contribution >= 4 is 16.9 Å². The molecule has 1 fully saturated rings. The molecule has 1 aliphatic rings. The number of carbonyl (C=O) groups is 1. The maximum Gasteiger partial charge on any atom is 0.438 e. The molecule has 0 atom stereocenters. The van der Waals surface area contributed by atoms with Gasteiger partial charge in [0.1, 0.15) is 6.54 Å². The summed E-state index contributed by atoms with van der Waals surface area (Å²) in [6.07, 6.45) is -1.08. The van der Waals surface area contributed by atoms with Crippen molar-refractivity contribution in [2.24, 2.45) is 0 Å². The molecule has 2 aromatic rings. The van der Waals surface area contributed by atoms with Crippen LogP contribution in [0.25, 0.3) is 11.0 Å². The van der Waals surface area contributed by atoms with Gasteiger partial charge in [0.25, 0.3) is 5.56 Å². The number of likely N-dealkylation sites (tertiary alicyclic amines) is 1. The first kappa shape index (κ1) is 17.4. The van der Waals surface area contributed by atoms with Gasteiger partial charge in [-0.2, -0.15) is 13.2 Å². The van der Waals surface area contributed by atoms with Gasteiger partial charge in [0, 0.05) is 13.1 Å². The third-order valence-electron chi connectivity index (χ3n) is 4.37. The van der Waals surface area contributed by atoms with E-state index in [1.54, 1.807) is 17.0 Å². The second kappa shape index (κ2) is 6.85. The van der Waals surface area contributed by atoms with Crippen LogP contribution in [0.15, 0.2) is 29.1 Å². The molecular formula is C17H18F3N3O2. The maximum absolute atomic E-state index is 13.1. The molecule has 0 saturated carbocycles. The minimum atomic E-state index is -4.87. The fourth-order valence-corrected chi connectivity index (χ4v) is 3.09. The summed E-state index contributed by atoms with van der Waals surface area (Å²) in [5.41, 5.74) is -2.51. The Morgan fingerprint density at radius 3 is 2.36 bits per heavy atom. The van der Waals surface area contributed by atoms with E-state index in [-0.39, 0.29) is 16.9 Å². The molecule has 0 spiro atoms. The molecule has 1 aromatic carbocycles. The number of benzene rings is 1. The molecule has 3 rings (SSSR count). The summed E-state index contributed by atoms with van der Waals surface area (Å²) >= 11 is 0. The monoisotopic (exact) mass is 353 g/mol. The lowest BCUT2D eigenvalue weighted by atomic mass is 10.2. The molecule has 1 amide bonds. The van der Waals surface area contributed by atoms with Gasteiger partial charge in [-0.15, -0.1) is 0 Å². The fourth-order valence-electron chi connectivity index (χ4n) is 3.09. The summed E-state index contributed by atoms with van der Waals surface area (Å²) in [5, 5.41) is 0. The fraction of sp³-hybridized carbons (Fsp3) is 0.471. The summed E-state index contributed by atoms with van der Waals surface area (Å²) < 4.78 is 40.3. The number of alkyl halides is 3. The van der Waals surface area contributed by atoms with Gasteiger partial charge in [0.2, 0.25) is 11.6 Å². The smallest absolute Gasteiger partial charge is 0.341 e. The van der Waals surface area contributed by atoms with Gasteiger partial charge in [0.15, 0.2) is 0 Å². The quantitative estimate of drug-likeness (QED) is 0.834. The molecule has 0 bridgehead atoms. The van der Waals surface area contributed by atoms with Crippen molar-refractivity contribution in [3.05, 3.63) is 40.3 Å². The SMILES string of the molecule is O=C(Cn1c(=O)c(C(F)(F)F)nc2ccccc21)N1CCCCCC1. The molecule has 1 saturated heterocycles. The molecule has 8 heteroatoms. The van der Waals surface area contributed by atoms with Gasteiger partial charge >= 0.3 is 6.18 Å². The van der Waals surface area contributed by atoms with E-state index >= 15 is 0 Å². The third kappa shape index (κ3) is 3.67. The summed E-state index contributed by atoms with van der Waals surface area (Å²) in [6.45, 7) is 0.733. The van der Waals surface area contributed by atoms with Crippen LogP contribution in [0.5, 0.6) is 0 Å². The average molecular weight is 353 g/mol. The van der Waals surface area contributed by atoms with Crippen LogP contribution in [0.2, 0.25) is 0 Å². The molecule has 0 unspecified atom stereocenters. The van der Waals surface area contributed by atoms with Crippen molar-refractivity contribution in [2.75, 3.05) is 13.1 Å². The van der Waals surface area contributed by atoms with E-state index in [9.17, 15) is 22.8 Å². The van der Waals surface area contributed by atoms with E-state index in [1.807, 2.05) is 0 Å². The molecular weight excluding hydrogens is 335 g/mol. The van der Waals surface area contributed by atoms with Crippen molar-refractivity contribution in [3.63, 3.8) is 0 Å². The van der Waals surface area contributed by atoms with E-state index < -0.39 is 24.0 Å². The molecule has 0 N–H and O–H groups in total. The number of aromatic nitrogens is 2. The Labute approximate surface area is 142 Å². The van der Waals surface area contributed by atoms with Gasteiger partial charge in [-0.05, 0) is 25.0 Å². The van der Waals surface area contributed by atoms with Crippen LogP contribution in [0.3, 0.4) is 0 Å². The predicted octanol–water partition coefficient (Wildman–Crippen LogP) is 2.82. The summed E-state index contributed by atoms with van der Waals surface area (Å²) in [4.78, 5) is 30.0. The van der Waals surface area contributed by atoms with Crippen LogP contribution in [0.1, 0.15) is 31.4 Å². The maximum atomic E-state index is 13.1. The second-order valence-corrected chi connectivity index (χ2v) is 6.13. The Bertz CT molecular complexity index is 837. The van der Waals surface area contributed by atoms with E-state index in [1.165, 1.54) is 12.1 Å². The highest BCUT2D eigenvalue weighted by Crippen LogP contribution is 2.26. The lowest BCUT2D eigenvalue weighted by Gasteiger charge is -2.21. The van der Waals surface area contributed by atoms with Crippen molar-refractivity contribution in [2.45, 2.75) is 38.4 Å². The minimum Gasteiger partial charge on any atom is -0.341 e. The molecule has 1 aliphatic heterocycles. The van der Waals surface area contributed by atoms with Crippen LogP contribution in [0, 0.1) is 0 Å². The van der Waals surface area contributed by atoms with E-state index in [2.05, 4.69) is 4.98 Å². The summed E-state index contributed by atoms with van der Waals surface area (Å²) in [7, 11) is 0. The molecule has 0 aliphatic carbocycles. The van der Waals surface area contributed by atoms with Crippen LogP contribution in [-0.4, -0.2) is 33.4 Å². The van der Waals surface area contributed by atoms with Crippen LogP contribution in [0.4, 0.5) is 13.2 Å². The van der Waals surface area contributed by atoms with Gasteiger partial charge in [-0.3, -0.25) is 14.2 Å². The number of amides is 1. The number of nitrogens with zero attached hydrogens (tertiary/aromatic N) is 3. The first-order valence-corrected chi connectivity index (χ1v) is 8.22. The highest BCUT2D eigenvalue weighted by Gasteiger charge is 2.37. The predicted molar refractivity (Wildman–Crippen MR) is 86.1 cm³/mol. The van der Waals surface area contributed by atoms with Crippen LogP contribution < -0.4 is 5.56 Å². The Morgan fingerprint density at radius 1 is 1.08 bits per heavy atom. The zero-order chi connectivity index (χ0) is 18.0. The number of carbonyl (C=O) groups excluding carboxylic acids is 1. The first-order chi connectivity index (χ1) is 11.9. The molecule has 2 heterocycles. The van der Waals surface area contributed by atoms with Crippen LogP contribution >= 0.6 is 0 Å². The second-order valence-electron chi connectivity index (χ2n) is 6.13. The largest absolute Gasteiger partial charge is 0.438 e. The number of para-hydroxylation sites is 2. The van der Waals surface area contributed by atoms with Crippen molar-refractivity contribution in [1.29, 1.82) is 0 Å². The molecule has 25 heavy (non-hydrogen) atoms. The van der Waals surface area contributed by atoms with Crippen molar-refractivity contribution < 1.29 is 18.0 Å². The lowest BCUT2D eigenvalue weighted by molar-refractivity contribution is -0.142. The van der Waals surface area contributed by atoms with Crippen molar-refractivity contribution in [1.82, 2.24) is 14.5 Å². The molecule has 1 aromatic heterocycles. The summed E-state index contributed by atoms with van der Waals surface area (Å²) in [5.74, 6) is -0.339. The normalized spacial score (nSPS) is 16.0. The minimum absolute atomic E-state index is 0.0399. The van der Waals surface area contributed by atoms with E-state index in [0.717, 1.165) is 30.3 Å². The standard InChI is InChI=1S/C17H18F3N3O2/c18-17(19,20)15-16(25)23(13-8-4-3-7-12(13)21-15)11-14(24)22-9-5-1-2-6-10-22/h3-4,7-8H,1-2,5-6,9-11H2. The zero-order valence-corrected chi connectivity index (χ0v) is 13.6. The summed E-state index contributed by atoms with van der Waals surface area (Å²) in [6, 6.07) is 6.04. The van der Waals surface area contributed by atoms with Gasteiger partial charge < -0.3 is 4.90 Å². The van der Waals surface area contributed by atoms with Gasteiger partial charge in [0.05, 0.1) is 11.0 Å². The van der Waals surface area contributed by atoms with Gasteiger partial charge in [-0.25, -0.2) is 4.98 Å². The molecule has 134 valence electrons. The van der Waals surface area contributed by atoms with E-state index in [4.69, 9.17) is 0 Å². The number of fused-ring (bicyclic) bond motifs is 1.